The number of hydrogen-bond acceptors (Lipinski definition) is 11. The van der Waals surface area contributed by atoms with E-state index in [-0.39, 0.29) is 11.3 Å². The van der Waals surface area contributed by atoms with Crippen molar-refractivity contribution in [2.45, 2.75) is 22.6 Å². The lowest BCUT2D eigenvalue weighted by molar-refractivity contribution is -0.384. The van der Waals surface area contributed by atoms with E-state index in [1.165, 1.54) is 34.8 Å². The Morgan fingerprint density at radius 3 is 2.29 bits per heavy atom. The summed E-state index contributed by atoms with van der Waals surface area (Å²) in [6, 6.07) is 25.5. The van der Waals surface area contributed by atoms with Crippen LogP contribution in [0.15, 0.2) is 101 Å². The number of carbonyl (C=O) groups is 1. The Bertz CT molecular complexity index is 2090. The van der Waals surface area contributed by atoms with Crippen LogP contribution in [0.25, 0.3) is 11.1 Å². The van der Waals surface area contributed by atoms with Gasteiger partial charge in [-0.3, -0.25) is 14.9 Å². The largest absolute Gasteiger partial charge is 0.496 e. The topological polar surface area (TPSA) is 168 Å². The van der Waals surface area contributed by atoms with Crippen LogP contribution in [0.1, 0.15) is 22.3 Å². The SMILES string of the molecule is COc1cc(CCCN2CCN(S(C)(=O)=O)CC2)ccc1-c1ccc(C(=O)NS(=O)(=O)c2ccc(NCCSc3ccccc3)c([N+](=O)[O-])c2)cc1. The number of hydrogen-bond donors (Lipinski definition) is 2. The van der Waals surface area contributed by atoms with Gasteiger partial charge in [-0.2, -0.15) is 4.31 Å². The van der Waals surface area contributed by atoms with Crippen LogP contribution in [0.5, 0.6) is 5.75 Å². The average Bonchev–Trinajstić information content (AvgIpc) is 3.13. The zero-order valence-electron chi connectivity index (χ0n) is 28.9. The minimum atomic E-state index is -4.43. The number of benzene rings is 4. The van der Waals surface area contributed by atoms with Crippen molar-refractivity contribution in [2.75, 3.05) is 63.7 Å². The fourth-order valence-corrected chi connectivity index (χ4v) is 8.42. The number of carbonyl (C=O) groups excluding carboxylic acids is 1. The second kappa shape index (κ2) is 17.4. The van der Waals surface area contributed by atoms with Gasteiger partial charge in [-0.1, -0.05) is 42.5 Å². The fourth-order valence-electron chi connectivity index (χ4n) is 5.81. The summed E-state index contributed by atoms with van der Waals surface area (Å²) < 4.78 is 58.9. The van der Waals surface area contributed by atoms with Crippen molar-refractivity contribution < 1.29 is 31.3 Å². The molecule has 0 aromatic heterocycles. The molecule has 276 valence electrons. The molecule has 1 aliphatic heterocycles. The quantitative estimate of drug-likeness (QED) is 0.0674. The number of sulfonamides is 2. The molecule has 2 N–H and O–H groups in total. The first-order valence-corrected chi connectivity index (χ1v) is 20.9. The van der Waals surface area contributed by atoms with Gasteiger partial charge < -0.3 is 15.0 Å². The number of rotatable bonds is 16. The summed E-state index contributed by atoms with van der Waals surface area (Å²) in [5.41, 5.74) is 2.47. The van der Waals surface area contributed by atoms with Gasteiger partial charge in [0.1, 0.15) is 11.4 Å². The van der Waals surface area contributed by atoms with Crippen LogP contribution in [0, 0.1) is 10.1 Å². The number of nitrogens with zero attached hydrogens (tertiary/aromatic N) is 3. The van der Waals surface area contributed by atoms with E-state index in [9.17, 15) is 31.7 Å². The lowest BCUT2D eigenvalue weighted by Gasteiger charge is -2.33. The molecule has 13 nitrogen and oxygen atoms in total. The third-order valence-electron chi connectivity index (χ3n) is 8.60. The molecule has 0 spiro atoms. The van der Waals surface area contributed by atoms with Crippen molar-refractivity contribution in [2.24, 2.45) is 0 Å². The molecule has 52 heavy (non-hydrogen) atoms. The summed E-state index contributed by atoms with van der Waals surface area (Å²) >= 11 is 1.58. The predicted octanol–water partition coefficient (Wildman–Crippen LogP) is 5.10. The maximum absolute atomic E-state index is 13.1. The predicted molar refractivity (Wildman–Crippen MR) is 203 cm³/mol. The van der Waals surface area contributed by atoms with Crippen LogP contribution in [0.2, 0.25) is 0 Å². The lowest BCUT2D eigenvalue weighted by Crippen LogP contribution is -2.48. The number of methoxy groups -OCH3 is 1. The highest BCUT2D eigenvalue weighted by Gasteiger charge is 2.25. The highest BCUT2D eigenvalue weighted by atomic mass is 32.2. The number of nitro groups is 1. The maximum Gasteiger partial charge on any atom is 0.293 e. The molecule has 1 fully saturated rings. The van der Waals surface area contributed by atoms with E-state index in [1.54, 1.807) is 31.0 Å². The van der Waals surface area contributed by atoms with Crippen molar-refractivity contribution >= 4 is 49.1 Å². The number of piperazine rings is 1. The van der Waals surface area contributed by atoms with Crippen LogP contribution in [-0.2, 0) is 26.5 Å². The molecular formula is C36H41N5O8S3. The van der Waals surface area contributed by atoms with Crippen molar-refractivity contribution in [3.8, 4) is 16.9 Å². The normalized spacial score (nSPS) is 14.1. The van der Waals surface area contributed by atoms with Crippen LogP contribution in [-0.4, -0.2) is 95.3 Å². The first-order chi connectivity index (χ1) is 24.8. The first kappa shape index (κ1) is 38.7. The summed E-state index contributed by atoms with van der Waals surface area (Å²) in [5, 5.41) is 14.8. The molecule has 1 aliphatic rings. The molecule has 0 unspecified atom stereocenters. The Balaban J connectivity index is 1.17. The number of thioether (sulfide) groups is 1. The number of ether oxygens (including phenoxy) is 1. The Kier molecular flexibility index (Phi) is 12.9. The van der Waals surface area contributed by atoms with Gasteiger partial charge in [0.15, 0.2) is 0 Å². The minimum absolute atomic E-state index is 0.0870. The summed E-state index contributed by atoms with van der Waals surface area (Å²) in [7, 11) is -6.01. The number of aryl methyl sites for hydroxylation is 1. The van der Waals surface area contributed by atoms with Gasteiger partial charge in [-0.05, 0) is 73.0 Å². The fraction of sp³-hybridized carbons (Fsp3) is 0.306. The monoisotopic (exact) mass is 767 g/mol. The van der Waals surface area contributed by atoms with Crippen LogP contribution < -0.4 is 14.8 Å². The highest BCUT2D eigenvalue weighted by Crippen LogP contribution is 2.32. The zero-order chi connectivity index (χ0) is 37.3. The van der Waals surface area contributed by atoms with Crippen LogP contribution in [0.3, 0.4) is 0 Å². The molecule has 0 atom stereocenters. The molecule has 16 heteroatoms. The van der Waals surface area contributed by atoms with Gasteiger partial charge >= 0.3 is 0 Å². The van der Waals surface area contributed by atoms with E-state index in [0.717, 1.165) is 47.0 Å². The average molecular weight is 768 g/mol. The van der Waals surface area contributed by atoms with Gasteiger partial charge in [0.2, 0.25) is 10.0 Å². The molecule has 4 aromatic rings. The van der Waals surface area contributed by atoms with Gasteiger partial charge in [0.25, 0.3) is 21.6 Å². The first-order valence-electron chi connectivity index (χ1n) is 16.6. The van der Waals surface area contributed by atoms with E-state index in [4.69, 9.17) is 4.74 Å². The van der Waals surface area contributed by atoms with Crippen molar-refractivity contribution in [3.05, 3.63) is 112 Å². The minimum Gasteiger partial charge on any atom is -0.496 e. The molecule has 0 radical (unpaired) electrons. The van der Waals surface area contributed by atoms with E-state index in [2.05, 4.69) is 10.2 Å². The Hall–Kier alpha value is -4.48. The summed E-state index contributed by atoms with van der Waals surface area (Å²) in [6.45, 7) is 3.69. The van der Waals surface area contributed by atoms with Gasteiger partial charge in [0, 0.05) is 60.6 Å². The van der Waals surface area contributed by atoms with E-state index < -0.39 is 41.5 Å². The van der Waals surface area contributed by atoms with Crippen molar-refractivity contribution in [1.29, 1.82) is 0 Å². The number of anilines is 1. The van der Waals surface area contributed by atoms with E-state index >= 15 is 0 Å². The molecule has 0 bridgehead atoms. The third-order valence-corrected chi connectivity index (χ3v) is 12.2. The standard InChI is InChI=1S/C36H41N5O8S3/c1-49-35-25-27(7-6-19-39-20-22-40(23-21-39)51(2,45)46)10-16-32(35)28-11-13-29(14-12-28)36(42)38-52(47,48)31-15-17-33(34(26-31)41(43)44)37-18-24-50-30-8-4-3-5-9-30/h3-5,8-17,25-26,37H,6-7,18-24H2,1-2H3,(H,38,42). The Morgan fingerprint density at radius 1 is 0.923 bits per heavy atom. The Morgan fingerprint density at radius 2 is 1.63 bits per heavy atom. The number of nitro benzene ring substituents is 1. The maximum atomic E-state index is 13.1. The van der Waals surface area contributed by atoms with Crippen molar-refractivity contribution in [1.82, 2.24) is 13.9 Å². The van der Waals surface area contributed by atoms with Crippen LogP contribution in [0.4, 0.5) is 11.4 Å². The van der Waals surface area contributed by atoms with E-state index in [0.29, 0.717) is 44.2 Å². The molecule has 1 heterocycles. The lowest BCUT2D eigenvalue weighted by atomic mass is 9.99. The smallest absolute Gasteiger partial charge is 0.293 e. The van der Waals surface area contributed by atoms with Crippen molar-refractivity contribution in [3.63, 3.8) is 0 Å². The summed E-state index contributed by atoms with van der Waals surface area (Å²) in [5.74, 6) is 0.397. The second-order valence-corrected chi connectivity index (χ2v) is 17.0. The summed E-state index contributed by atoms with van der Waals surface area (Å²) in [6.07, 6.45) is 2.95. The molecular weight excluding hydrogens is 727 g/mol. The zero-order valence-corrected chi connectivity index (χ0v) is 31.3. The molecule has 5 rings (SSSR count). The second-order valence-electron chi connectivity index (χ2n) is 12.2. The molecule has 0 aliphatic carbocycles. The molecule has 0 saturated carbocycles. The van der Waals surface area contributed by atoms with Gasteiger partial charge in [-0.25, -0.2) is 21.6 Å². The van der Waals surface area contributed by atoms with Crippen LogP contribution >= 0.6 is 11.8 Å². The molecule has 4 aromatic carbocycles. The summed E-state index contributed by atoms with van der Waals surface area (Å²) in [4.78, 5) is 27.1. The van der Waals surface area contributed by atoms with Gasteiger partial charge in [-0.15, -0.1) is 11.8 Å². The Labute approximate surface area is 308 Å². The number of nitrogens with one attached hydrogen (secondary N) is 2. The molecule has 1 amide bonds. The highest BCUT2D eigenvalue weighted by molar-refractivity contribution is 7.99. The van der Waals surface area contributed by atoms with E-state index in [1.807, 2.05) is 53.3 Å². The third kappa shape index (κ3) is 10.3. The van der Waals surface area contributed by atoms with Gasteiger partial charge in [0.05, 0.1) is 23.2 Å². The number of amides is 1. The molecule has 1 saturated heterocycles.